The van der Waals surface area contributed by atoms with Crippen LogP contribution < -0.4 is 0 Å². The molecule has 1 heterocycles. The van der Waals surface area contributed by atoms with E-state index in [2.05, 4.69) is 15.9 Å². The normalized spacial score (nSPS) is 19.9. The van der Waals surface area contributed by atoms with Crippen molar-refractivity contribution in [3.8, 4) is 0 Å². The molecule has 1 fully saturated rings. The van der Waals surface area contributed by atoms with E-state index in [4.69, 9.17) is 4.74 Å². The predicted octanol–water partition coefficient (Wildman–Crippen LogP) is 4.57. The Morgan fingerprint density at radius 3 is 2.56 bits per heavy atom. The fourth-order valence-corrected chi connectivity index (χ4v) is 3.64. The van der Waals surface area contributed by atoms with Crippen LogP contribution in [0.2, 0.25) is 0 Å². The van der Waals surface area contributed by atoms with Crippen molar-refractivity contribution in [2.45, 2.75) is 32.4 Å². The van der Waals surface area contributed by atoms with E-state index in [0.29, 0.717) is 12.8 Å². The molecule has 0 aromatic heterocycles. The first-order valence-corrected chi connectivity index (χ1v) is 9.12. The molecule has 2 aromatic carbocycles. The SMILES string of the molecule is C[C@@H]1CC(Cc2ccccc2Br)C(=O)N1C(=O)OCc1ccccc1. The second-order valence-corrected chi connectivity index (χ2v) is 7.18. The predicted molar refractivity (Wildman–Crippen MR) is 98.9 cm³/mol. The van der Waals surface area contributed by atoms with Gasteiger partial charge >= 0.3 is 6.09 Å². The average molecular weight is 402 g/mol. The molecule has 2 amide bonds. The van der Waals surface area contributed by atoms with E-state index in [0.717, 1.165) is 15.6 Å². The van der Waals surface area contributed by atoms with Crippen molar-refractivity contribution in [1.29, 1.82) is 0 Å². The van der Waals surface area contributed by atoms with Crippen LogP contribution in [-0.2, 0) is 22.6 Å². The van der Waals surface area contributed by atoms with E-state index in [1.165, 1.54) is 4.90 Å². The van der Waals surface area contributed by atoms with Crippen LogP contribution in [0.15, 0.2) is 59.1 Å². The molecule has 3 rings (SSSR count). The Morgan fingerprint density at radius 1 is 1.16 bits per heavy atom. The summed E-state index contributed by atoms with van der Waals surface area (Å²) in [6, 6.07) is 17.2. The second kappa shape index (κ2) is 7.83. The van der Waals surface area contributed by atoms with Crippen LogP contribution in [0.25, 0.3) is 0 Å². The van der Waals surface area contributed by atoms with E-state index in [1.807, 2.05) is 61.5 Å². The average Bonchev–Trinajstić information content (AvgIpc) is 2.89. The summed E-state index contributed by atoms with van der Waals surface area (Å²) in [5.41, 5.74) is 1.98. The lowest BCUT2D eigenvalue weighted by atomic mass is 9.96. The lowest BCUT2D eigenvalue weighted by Crippen LogP contribution is -2.38. The van der Waals surface area contributed by atoms with E-state index in [9.17, 15) is 9.59 Å². The molecule has 1 unspecified atom stereocenters. The van der Waals surface area contributed by atoms with Gasteiger partial charge in [0.25, 0.3) is 0 Å². The van der Waals surface area contributed by atoms with Gasteiger partial charge in [-0.2, -0.15) is 0 Å². The first-order valence-electron chi connectivity index (χ1n) is 8.33. The maximum atomic E-state index is 12.7. The van der Waals surface area contributed by atoms with Gasteiger partial charge in [-0.15, -0.1) is 0 Å². The van der Waals surface area contributed by atoms with Gasteiger partial charge in [-0.25, -0.2) is 9.69 Å². The number of hydrogen-bond donors (Lipinski definition) is 0. The first-order chi connectivity index (χ1) is 12.1. The summed E-state index contributed by atoms with van der Waals surface area (Å²) < 4.78 is 6.32. The second-order valence-electron chi connectivity index (χ2n) is 6.33. The zero-order chi connectivity index (χ0) is 17.8. The van der Waals surface area contributed by atoms with Gasteiger partial charge in [0.05, 0.1) is 0 Å². The van der Waals surface area contributed by atoms with E-state index < -0.39 is 6.09 Å². The lowest BCUT2D eigenvalue weighted by Gasteiger charge is -2.19. The minimum atomic E-state index is -0.559. The number of carbonyl (C=O) groups excluding carboxylic acids is 2. The topological polar surface area (TPSA) is 46.6 Å². The van der Waals surface area contributed by atoms with Gasteiger partial charge in [-0.3, -0.25) is 4.79 Å². The molecule has 0 radical (unpaired) electrons. The number of nitrogens with zero attached hydrogens (tertiary/aromatic N) is 1. The summed E-state index contributed by atoms with van der Waals surface area (Å²) in [7, 11) is 0. The number of benzene rings is 2. The van der Waals surface area contributed by atoms with Crippen molar-refractivity contribution in [2.75, 3.05) is 0 Å². The highest BCUT2D eigenvalue weighted by atomic mass is 79.9. The lowest BCUT2D eigenvalue weighted by molar-refractivity contribution is -0.130. The molecule has 130 valence electrons. The van der Waals surface area contributed by atoms with Crippen molar-refractivity contribution in [1.82, 2.24) is 4.90 Å². The maximum absolute atomic E-state index is 12.7. The quantitative estimate of drug-likeness (QED) is 0.753. The van der Waals surface area contributed by atoms with Crippen LogP contribution in [0.5, 0.6) is 0 Å². The molecule has 5 heteroatoms. The zero-order valence-corrected chi connectivity index (χ0v) is 15.6. The molecule has 2 atom stereocenters. The number of hydrogen-bond acceptors (Lipinski definition) is 3. The van der Waals surface area contributed by atoms with Crippen molar-refractivity contribution in [2.24, 2.45) is 5.92 Å². The molecular formula is C20H20BrNO3. The van der Waals surface area contributed by atoms with Crippen LogP contribution in [0, 0.1) is 5.92 Å². The van der Waals surface area contributed by atoms with E-state index in [-0.39, 0.29) is 24.5 Å². The number of halogens is 1. The van der Waals surface area contributed by atoms with Gasteiger partial charge in [0, 0.05) is 16.4 Å². The fourth-order valence-electron chi connectivity index (χ4n) is 3.19. The summed E-state index contributed by atoms with van der Waals surface area (Å²) in [5, 5.41) is 0. The van der Waals surface area contributed by atoms with Gasteiger partial charge in [-0.05, 0) is 37.0 Å². The Bertz CT molecular complexity index is 763. The van der Waals surface area contributed by atoms with E-state index in [1.54, 1.807) is 0 Å². The number of imide groups is 1. The summed E-state index contributed by atoms with van der Waals surface area (Å²) in [5.74, 6) is -0.348. The Kier molecular flexibility index (Phi) is 5.53. The van der Waals surface area contributed by atoms with Crippen LogP contribution in [0.1, 0.15) is 24.5 Å². The highest BCUT2D eigenvalue weighted by Crippen LogP contribution is 2.30. The van der Waals surface area contributed by atoms with Gasteiger partial charge in [0.1, 0.15) is 6.61 Å². The zero-order valence-electron chi connectivity index (χ0n) is 14.0. The minimum absolute atomic E-state index is 0.150. The summed E-state index contributed by atoms with van der Waals surface area (Å²) in [6.45, 7) is 2.06. The summed E-state index contributed by atoms with van der Waals surface area (Å²) >= 11 is 3.52. The molecule has 25 heavy (non-hydrogen) atoms. The number of carbonyl (C=O) groups is 2. The largest absolute Gasteiger partial charge is 0.444 e. The van der Waals surface area contributed by atoms with Crippen LogP contribution in [0.3, 0.4) is 0 Å². The first kappa shape index (κ1) is 17.7. The Labute approximate surface area is 155 Å². The van der Waals surface area contributed by atoms with Crippen LogP contribution in [0.4, 0.5) is 4.79 Å². The minimum Gasteiger partial charge on any atom is -0.444 e. The molecule has 1 saturated heterocycles. The number of amides is 2. The van der Waals surface area contributed by atoms with Gasteiger partial charge < -0.3 is 4.74 Å². The Morgan fingerprint density at radius 2 is 1.84 bits per heavy atom. The Balaban J connectivity index is 1.63. The molecule has 2 aromatic rings. The highest BCUT2D eigenvalue weighted by Gasteiger charge is 2.41. The molecule has 0 spiro atoms. The number of ether oxygens (including phenoxy) is 1. The third-order valence-corrected chi connectivity index (χ3v) is 5.25. The van der Waals surface area contributed by atoms with E-state index >= 15 is 0 Å². The molecule has 0 aliphatic carbocycles. The standard InChI is InChI=1S/C20H20BrNO3/c1-14-11-17(12-16-9-5-6-10-18(16)21)19(23)22(14)20(24)25-13-15-7-3-2-4-8-15/h2-10,14,17H,11-13H2,1H3/t14-,17?/m1/s1. The van der Waals surface area contributed by atoms with Gasteiger partial charge in [-0.1, -0.05) is 64.5 Å². The molecule has 4 nitrogen and oxygen atoms in total. The van der Waals surface area contributed by atoms with Crippen molar-refractivity contribution >= 4 is 27.9 Å². The summed E-state index contributed by atoms with van der Waals surface area (Å²) in [4.78, 5) is 26.3. The molecule has 0 bridgehead atoms. The Hall–Kier alpha value is -2.14. The third kappa shape index (κ3) is 4.10. The monoisotopic (exact) mass is 401 g/mol. The highest BCUT2D eigenvalue weighted by molar-refractivity contribution is 9.10. The van der Waals surface area contributed by atoms with Gasteiger partial charge in [0.15, 0.2) is 0 Å². The number of likely N-dealkylation sites (tertiary alicyclic amines) is 1. The molecule has 1 aliphatic heterocycles. The van der Waals surface area contributed by atoms with Crippen molar-refractivity contribution in [3.05, 3.63) is 70.2 Å². The molecule has 1 aliphatic rings. The van der Waals surface area contributed by atoms with Crippen molar-refractivity contribution in [3.63, 3.8) is 0 Å². The smallest absolute Gasteiger partial charge is 0.417 e. The molecular weight excluding hydrogens is 382 g/mol. The van der Waals surface area contributed by atoms with Gasteiger partial charge in [0.2, 0.25) is 5.91 Å². The van der Waals surface area contributed by atoms with Crippen LogP contribution in [-0.4, -0.2) is 22.9 Å². The number of rotatable bonds is 4. The molecule has 0 saturated carbocycles. The fraction of sp³-hybridized carbons (Fsp3) is 0.300. The summed E-state index contributed by atoms with van der Waals surface area (Å²) in [6.07, 6.45) is 0.712. The maximum Gasteiger partial charge on any atom is 0.417 e. The van der Waals surface area contributed by atoms with Crippen molar-refractivity contribution < 1.29 is 14.3 Å². The third-order valence-electron chi connectivity index (χ3n) is 4.48. The molecule has 0 N–H and O–H groups in total. The van der Waals surface area contributed by atoms with Crippen LogP contribution >= 0.6 is 15.9 Å².